The maximum atomic E-state index is 4.38. The number of nitrogens with zero attached hydrogens (tertiary/aromatic N) is 6. The fraction of sp³-hybridized carbons (Fsp3) is 0.111. The van der Waals surface area contributed by atoms with E-state index in [0.29, 0.717) is 13.1 Å². The van der Waals surface area contributed by atoms with Gasteiger partial charge in [0.1, 0.15) is 10.1 Å². The van der Waals surface area contributed by atoms with Crippen LogP contribution < -0.4 is 0 Å². The minimum absolute atomic E-state index is 0.639. The number of hydrogen-bond donors (Lipinski definition) is 0. The SMILES string of the molecule is c1ccc(Sc2nnn3c2Cn2nnc(Sc4ccccc4)c2C3)cc1. The predicted molar refractivity (Wildman–Crippen MR) is 99.4 cm³/mol. The smallest absolute Gasteiger partial charge is 0.148 e. The van der Waals surface area contributed by atoms with Crippen LogP contribution in [0.5, 0.6) is 0 Å². The molecule has 4 aromatic rings. The Balaban J connectivity index is 1.41. The average Bonchev–Trinajstić information content (AvgIpc) is 3.26. The summed E-state index contributed by atoms with van der Waals surface area (Å²) >= 11 is 3.26. The van der Waals surface area contributed by atoms with Crippen molar-refractivity contribution in [3.63, 3.8) is 0 Å². The normalized spacial score (nSPS) is 12.6. The lowest BCUT2D eigenvalue weighted by atomic mass is 10.3. The molecule has 128 valence electrons. The Kier molecular flexibility index (Phi) is 3.99. The first-order valence-electron chi connectivity index (χ1n) is 8.17. The summed E-state index contributed by atoms with van der Waals surface area (Å²) in [5.41, 5.74) is 2.15. The highest BCUT2D eigenvalue weighted by Gasteiger charge is 2.25. The Morgan fingerprint density at radius 3 is 1.46 bits per heavy atom. The molecule has 0 N–H and O–H groups in total. The van der Waals surface area contributed by atoms with E-state index in [1.807, 2.05) is 45.8 Å². The molecular formula is C18H14N6S2. The zero-order valence-electron chi connectivity index (χ0n) is 13.7. The van der Waals surface area contributed by atoms with Gasteiger partial charge in [-0.25, -0.2) is 9.36 Å². The molecule has 0 aliphatic carbocycles. The van der Waals surface area contributed by atoms with E-state index in [1.165, 1.54) is 0 Å². The van der Waals surface area contributed by atoms with Crippen molar-refractivity contribution in [2.75, 3.05) is 0 Å². The van der Waals surface area contributed by atoms with Crippen molar-refractivity contribution in [2.45, 2.75) is 32.9 Å². The van der Waals surface area contributed by atoms with Crippen molar-refractivity contribution in [1.29, 1.82) is 0 Å². The Labute approximate surface area is 158 Å². The zero-order valence-corrected chi connectivity index (χ0v) is 15.3. The summed E-state index contributed by atoms with van der Waals surface area (Å²) in [5.74, 6) is 0. The third-order valence-corrected chi connectivity index (χ3v) is 6.16. The standard InChI is InChI=1S/C18H14N6S2/c1-3-7-13(8-4-1)25-17-15-11-24-16(12-23(15)21-19-17)18(20-22-24)26-14-9-5-2-6-10-14/h1-10H,11-12H2. The molecule has 26 heavy (non-hydrogen) atoms. The van der Waals surface area contributed by atoms with E-state index in [1.54, 1.807) is 23.5 Å². The molecule has 5 rings (SSSR count). The van der Waals surface area contributed by atoms with Gasteiger partial charge in [0, 0.05) is 9.79 Å². The minimum atomic E-state index is 0.639. The molecule has 0 atom stereocenters. The van der Waals surface area contributed by atoms with Crippen LogP contribution in [-0.2, 0) is 13.1 Å². The summed E-state index contributed by atoms with van der Waals surface area (Å²) in [4.78, 5) is 2.31. The molecule has 0 radical (unpaired) electrons. The average molecular weight is 378 g/mol. The molecule has 3 heterocycles. The van der Waals surface area contributed by atoms with Crippen LogP contribution >= 0.6 is 23.5 Å². The largest absolute Gasteiger partial charge is 0.240 e. The molecular weight excluding hydrogens is 364 g/mol. The molecule has 0 saturated heterocycles. The van der Waals surface area contributed by atoms with E-state index in [4.69, 9.17) is 0 Å². The number of aromatic nitrogens is 6. The van der Waals surface area contributed by atoms with E-state index < -0.39 is 0 Å². The molecule has 0 spiro atoms. The fourth-order valence-corrected chi connectivity index (χ4v) is 4.59. The van der Waals surface area contributed by atoms with Crippen LogP contribution in [0.1, 0.15) is 11.4 Å². The van der Waals surface area contributed by atoms with Gasteiger partial charge in [0.2, 0.25) is 0 Å². The quantitative estimate of drug-likeness (QED) is 0.476. The lowest BCUT2D eigenvalue weighted by Gasteiger charge is -2.16. The fourth-order valence-electron chi connectivity index (χ4n) is 2.83. The van der Waals surface area contributed by atoms with Gasteiger partial charge in [0.25, 0.3) is 0 Å². The monoisotopic (exact) mass is 378 g/mol. The molecule has 0 unspecified atom stereocenters. The first-order chi connectivity index (χ1) is 12.9. The highest BCUT2D eigenvalue weighted by molar-refractivity contribution is 7.99. The van der Waals surface area contributed by atoms with E-state index in [2.05, 4.69) is 44.9 Å². The van der Waals surface area contributed by atoms with Crippen LogP contribution in [0.25, 0.3) is 0 Å². The number of hydrogen-bond acceptors (Lipinski definition) is 6. The third-order valence-electron chi connectivity index (χ3n) is 4.12. The molecule has 1 aliphatic rings. The van der Waals surface area contributed by atoms with E-state index in [-0.39, 0.29) is 0 Å². The summed E-state index contributed by atoms with van der Waals surface area (Å²) in [6, 6.07) is 20.5. The minimum Gasteiger partial charge on any atom is -0.240 e. The third kappa shape index (κ3) is 2.91. The van der Waals surface area contributed by atoms with Gasteiger partial charge in [-0.05, 0) is 24.3 Å². The molecule has 2 aromatic heterocycles. The van der Waals surface area contributed by atoms with Crippen LogP contribution in [0.3, 0.4) is 0 Å². The van der Waals surface area contributed by atoms with Gasteiger partial charge >= 0.3 is 0 Å². The highest BCUT2D eigenvalue weighted by atomic mass is 32.2. The first kappa shape index (κ1) is 15.7. The van der Waals surface area contributed by atoms with Gasteiger partial charge in [-0.15, -0.1) is 10.2 Å². The van der Waals surface area contributed by atoms with Crippen LogP contribution in [0.15, 0.2) is 80.5 Å². The van der Waals surface area contributed by atoms with Crippen molar-refractivity contribution in [1.82, 2.24) is 30.0 Å². The molecule has 0 saturated carbocycles. The molecule has 0 fully saturated rings. The second-order valence-electron chi connectivity index (χ2n) is 5.83. The predicted octanol–water partition coefficient (Wildman–Crippen LogP) is 3.58. The Hall–Kier alpha value is -2.58. The van der Waals surface area contributed by atoms with Crippen LogP contribution in [-0.4, -0.2) is 30.0 Å². The topological polar surface area (TPSA) is 61.4 Å². The molecule has 2 aromatic carbocycles. The number of benzene rings is 2. The lowest BCUT2D eigenvalue weighted by molar-refractivity contribution is 0.487. The maximum absolute atomic E-state index is 4.38. The van der Waals surface area contributed by atoms with Gasteiger partial charge in [0.05, 0.1) is 24.5 Å². The van der Waals surface area contributed by atoms with Gasteiger partial charge in [0.15, 0.2) is 0 Å². The van der Waals surface area contributed by atoms with Gasteiger partial charge in [-0.2, -0.15) is 0 Å². The molecule has 6 nitrogen and oxygen atoms in total. The van der Waals surface area contributed by atoms with Crippen molar-refractivity contribution in [3.8, 4) is 0 Å². The van der Waals surface area contributed by atoms with E-state index in [9.17, 15) is 0 Å². The highest BCUT2D eigenvalue weighted by Crippen LogP contribution is 2.34. The van der Waals surface area contributed by atoms with Crippen molar-refractivity contribution >= 4 is 23.5 Å². The summed E-state index contributed by atoms with van der Waals surface area (Å²) in [6.07, 6.45) is 0. The Morgan fingerprint density at radius 2 is 1.04 bits per heavy atom. The van der Waals surface area contributed by atoms with E-state index >= 15 is 0 Å². The van der Waals surface area contributed by atoms with Gasteiger partial charge < -0.3 is 0 Å². The first-order valence-corrected chi connectivity index (χ1v) is 9.80. The van der Waals surface area contributed by atoms with Crippen molar-refractivity contribution in [2.24, 2.45) is 0 Å². The summed E-state index contributed by atoms with van der Waals surface area (Å²) in [7, 11) is 0. The lowest BCUT2D eigenvalue weighted by Crippen LogP contribution is -2.21. The molecule has 0 amide bonds. The molecule has 8 heteroatoms. The zero-order chi connectivity index (χ0) is 17.3. The summed E-state index contributed by atoms with van der Waals surface area (Å²) in [5, 5.41) is 19.3. The van der Waals surface area contributed by atoms with Crippen molar-refractivity contribution in [3.05, 3.63) is 72.1 Å². The summed E-state index contributed by atoms with van der Waals surface area (Å²) < 4.78 is 3.91. The summed E-state index contributed by atoms with van der Waals surface area (Å²) in [6.45, 7) is 1.28. The maximum Gasteiger partial charge on any atom is 0.148 e. The van der Waals surface area contributed by atoms with Gasteiger partial charge in [-0.1, -0.05) is 70.3 Å². The molecule has 1 aliphatic heterocycles. The van der Waals surface area contributed by atoms with Crippen LogP contribution in [0.2, 0.25) is 0 Å². The number of rotatable bonds is 4. The number of fused-ring (bicyclic) bond motifs is 2. The van der Waals surface area contributed by atoms with E-state index in [0.717, 1.165) is 31.2 Å². The Bertz CT molecular complexity index is 957. The second-order valence-corrected chi connectivity index (χ2v) is 7.95. The van der Waals surface area contributed by atoms with Crippen LogP contribution in [0.4, 0.5) is 0 Å². The second kappa shape index (κ2) is 6.62. The van der Waals surface area contributed by atoms with Crippen LogP contribution in [0, 0.1) is 0 Å². The molecule has 0 bridgehead atoms. The van der Waals surface area contributed by atoms with Crippen molar-refractivity contribution < 1.29 is 0 Å². The Morgan fingerprint density at radius 1 is 0.615 bits per heavy atom. The van der Waals surface area contributed by atoms with Gasteiger partial charge in [-0.3, -0.25) is 0 Å².